The molecular formula is C15H24N2. The molecule has 0 radical (unpaired) electrons. The zero-order valence-corrected chi connectivity index (χ0v) is 11.0. The molecule has 0 amide bonds. The zero-order valence-electron chi connectivity index (χ0n) is 11.0. The fourth-order valence-corrected chi connectivity index (χ4v) is 2.76. The summed E-state index contributed by atoms with van der Waals surface area (Å²) in [7, 11) is 0. The summed E-state index contributed by atoms with van der Waals surface area (Å²) in [5.41, 5.74) is 7.64. The number of nitrogens with zero attached hydrogens (tertiary/aromatic N) is 1. The van der Waals surface area contributed by atoms with E-state index in [1.165, 1.54) is 12.0 Å². The fraction of sp³-hybridized carbons (Fsp3) is 0.600. The second kappa shape index (κ2) is 5.65. The van der Waals surface area contributed by atoms with Crippen molar-refractivity contribution >= 4 is 0 Å². The van der Waals surface area contributed by atoms with E-state index in [1.54, 1.807) is 0 Å². The first-order chi connectivity index (χ1) is 8.20. The molecule has 1 aliphatic rings. The van der Waals surface area contributed by atoms with Crippen molar-refractivity contribution in [2.75, 3.05) is 13.1 Å². The Hall–Kier alpha value is -0.860. The van der Waals surface area contributed by atoms with Crippen LogP contribution < -0.4 is 5.73 Å². The zero-order chi connectivity index (χ0) is 12.3. The minimum Gasteiger partial charge on any atom is -0.327 e. The van der Waals surface area contributed by atoms with Crippen LogP contribution in [0.15, 0.2) is 30.3 Å². The van der Waals surface area contributed by atoms with Gasteiger partial charge < -0.3 is 5.73 Å². The standard InChI is InChI=1S/C15H24N2/c1-3-12(2)17-10-14(9-15(16)11-17)13-7-5-4-6-8-13/h4-8,12,14-15H,3,9-11,16H2,1-2H3. The smallest absolute Gasteiger partial charge is 0.0174 e. The summed E-state index contributed by atoms with van der Waals surface area (Å²) in [6.07, 6.45) is 2.32. The first-order valence-electron chi connectivity index (χ1n) is 6.75. The Balaban J connectivity index is 2.09. The molecule has 1 heterocycles. The monoisotopic (exact) mass is 232 g/mol. The molecule has 1 saturated heterocycles. The molecule has 1 fully saturated rings. The van der Waals surface area contributed by atoms with E-state index < -0.39 is 0 Å². The Morgan fingerprint density at radius 1 is 1.29 bits per heavy atom. The molecule has 94 valence electrons. The molecule has 2 nitrogen and oxygen atoms in total. The number of rotatable bonds is 3. The predicted octanol–water partition coefficient (Wildman–Crippen LogP) is 2.60. The van der Waals surface area contributed by atoms with Gasteiger partial charge in [-0.25, -0.2) is 0 Å². The summed E-state index contributed by atoms with van der Waals surface area (Å²) in [5, 5.41) is 0. The van der Waals surface area contributed by atoms with Crippen LogP contribution in [-0.4, -0.2) is 30.1 Å². The maximum absolute atomic E-state index is 6.20. The molecule has 1 aliphatic heterocycles. The van der Waals surface area contributed by atoms with Crippen molar-refractivity contribution in [3.8, 4) is 0 Å². The van der Waals surface area contributed by atoms with Gasteiger partial charge in [0.15, 0.2) is 0 Å². The van der Waals surface area contributed by atoms with Crippen molar-refractivity contribution in [3.63, 3.8) is 0 Å². The Morgan fingerprint density at radius 3 is 2.65 bits per heavy atom. The third kappa shape index (κ3) is 3.08. The largest absolute Gasteiger partial charge is 0.327 e. The number of hydrogen-bond donors (Lipinski definition) is 1. The van der Waals surface area contributed by atoms with E-state index in [4.69, 9.17) is 5.73 Å². The molecule has 0 aliphatic carbocycles. The van der Waals surface area contributed by atoms with Crippen molar-refractivity contribution in [1.82, 2.24) is 4.90 Å². The summed E-state index contributed by atoms with van der Waals surface area (Å²) in [6.45, 7) is 6.77. The van der Waals surface area contributed by atoms with Crippen LogP contribution in [0.3, 0.4) is 0 Å². The molecule has 2 N–H and O–H groups in total. The summed E-state index contributed by atoms with van der Waals surface area (Å²) in [5.74, 6) is 0.606. The molecule has 1 aromatic carbocycles. The predicted molar refractivity (Wildman–Crippen MR) is 73.1 cm³/mol. The van der Waals surface area contributed by atoms with Gasteiger partial charge in [0, 0.05) is 25.2 Å². The van der Waals surface area contributed by atoms with Crippen LogP contribution in [-0.2, 0) is 0 Å². The van der Waals surface area contributed by atoms with Crippen molar-refractivity contribution < 1.29 is 0 Å². The van der Waals surface area contributed by atoms with Crippen molar-refractivity contribution in [2.24, 2.45) is 5.73 Å². The molecule has 0 spiro atoms. The quantitative estimate of drug-likeness (QED) is 0.868. The maximum Gasteiger partial charge on any atom is 0.0174 e. The molecular weight excluding hydrogens is 208 g/mol. The van der Waals surface area contributed by atoms with Gasteiger partial charge in [0.05, 0.1) is 0 Å². The lowest BCUT2D eigenvalue weighted by atomic mass is 9.87. The van der Waals surface area contributed by atoms with E-state index in [-0.39, 0.29) is 0 Å². The highest BCUT2D eigenvalue weighted by molar-refractivity contribution is 5.21. The summed E-state index contributed by atoms with van der Waals surface area (Å²) in [4.78, 5) is 2.55. The number of hydrogen-bond acceptors (Lipinski definition) is 2. The molecule has 17 heavy (non-hydrogen) atoms. The first-order valence-corrected chi connectivity index (χ1v) is 6.75. The van der Waals surface area contributed by atoms with Crippen molar-refractivity contribution in [2.45, 2.75) is 44.7 Å². The van der Waals surface area contributed by atoms with Crippen LogP contribution >= 0.6 is 0 Å². The van der Waals surface area contributed by atoms with E-state index in [0.717, 1.165) is 19.5 Å². The average molecular weight is 232 g/mol. The first kappa shape index (κ1) is 12.6. The maximum atomic E-state index is 6.20. The molecule has 2 heteroatoms. The van der Waals surface area contributed by atoms with E-state index in [1.807, 2.05) is 0 Å². The van der Waals surface area contributed by atoms with Gasteiger partial charge in [-0.05, 0) is 31.2 Å². The molecule has 0 aromatic heterocycles. The number of nitrogens with two attached hydrogens (primary N) is 1. The van der Waals surface area contributed by atoms with Crippen LogP contribution in [0.2, 0.25) is 0 Å². The minimum absolute atomic E-state index is 0.322. The average Bonchev–Trinajstić information content (AvgIpc) is 2.38. The SMILES string of the molecule is CCC(C)N1CC(N)CC(c2ccccc2)C1. The third-order valence-corrected chi connectivity index (χ3v) is 4.00. The molecule has 3 unspecified atom stereocenters. The van der Waals surface area contributed by atoms with Gasteiger partial charge in [-0.3, -0.25) is 4.90 Å². The minimum atomic E-state index is 0.322. The van der Waals surface area contributed by atoms with Crippen LogP contribution in [0, 0.1) is 0 Å². The third-order valence-electron chi connectivity index (χ3n) is 4.00. The lowest BCUT2D eigenvalue weighted by Gasteiger charge is -2.39. The van der Waals surface area contributed by atoms with Gasteiger partial charge in [0.25, 0.3) is 0 Å². The molecule has 0 bridgehead atoms. The molecule has 2 rings (SSSR count). The fourth-order valence-electron chi connectivity index (χ4n) is 2.76. The van der Waals surface area contributed by atoms with Gasteiger partial charge >= 0.3 is 0 Å². The Labute approximate surface area is 105 Å². The van der Waals surface area contributed by atoms with Gasteiger partial charge in [-0.1, -0.05) is 37.3 Å². The summed E-state index contributed by atoms with van der Waals surface area (Å²) < 4.78 is 0. The topological polar surface area (TPSA) is 29.3 Å². The number of benzene rings is 1. The number of likely N-dealkylation sites (tertiary alicyclic amines) is 1. The lowest BCUT2D eigenvalue weighted by molar-refractivity contribution is 0.140. The van der Waals surface area contributed by atoms with E-state index >= 15 is 0 Å². The normalized spacial score (nSPS) is 27.9. The highest BCUT2D eigenvalue weighted by atomic mass is 15.2. The van der Waals surface area contributed by atoms with Crippen LogP contribution in [0.4, 0.5) is 0 Å². The van der Waals surface area contributed by atoms with Gasteiger partial charge in [-0.2, -0.15) is 0 Å². The van der Waals surface area contributed by atoms with E-state index in [2.05, 4.69) is 49.1 Å². The number of piperidine rings is 1. The Morgan fingerprint density at radius 2 is 2.00 bits per heavy atom. The van der Waals surface area contributed by atoms with E-state index in [9.17, 15) is 0 Å². The highest BCUT2D eigenvalue weighted by Crippen LogP contribution is 2.27. The van der Waals surface area contributed by atoms with Crippen molar-refractivity contribution in [1.29, 1.82) is 0 Å². The summed E-state index contributed by atoms with van der Waals surface area (Å²) >= 11 is 0. The molecule has 0 saturated carbocycles. The lowest BCUT2D eigenvalue weighted by Crippen LogP contribution is -2.49. The molecule has 1 aromatic rings. The van der Waals surface area contributed by atoms with Gasteiger partial charge in [0.1, 0.15) is 0 Å². The van der Waals surface area contributed by atoms with Gasteiger partial charge in [-0.15, -0.1) is 0 Å². The van der Waals surface area contributed by atoms with Crippen molar-refractivity contribution in [3.05, 3.63) is 35.9 Å². The highest BCUT2D eigenvalue weighted by Gasteiger charge is 2.27. The Kier molecular flexibility index (Phi) is 4.19. The second-order valence-corrected chi connectivity index (χ2v) is 5.31. The van der Waals surface area contributed by atoms with E-state index in [0.29, 0.717) is 18.0 Å². The van der Waals surface area contributed by atoms with Crippen LogP contribution in [0.1, 0.15) is 38.2 Å². The van der Waals surface area contributed by atoms with Crippen LogP contribution in [0.5, 0.6) is 0 Å². The Bertz CT molecular complexity index is 336. The second-order valence-electron chi connectivity index (χ2n) is 5.31. The molecule has 3 atom stereocenters. The summed E-state index contributed by atoms with van der Waals surface area (Å²) in [6, 6.07) is 11.8. The van der Waals surface area contributed by atoms with Crippen LogP contribution in [0.25, 0.3) is 0 Å². The van der Waals surface area contributed by atoms with Gasteiger partial charge in [0.2, 0.25) is 0 Å².